The molecule has 1 aliphatic rings. The normalized spacial score (nSPS) is 12.5. The van der Waals surface area contributed by atoms with Gasteiger partial charge in [-0.15, -0.1) is 11.6 Å². The third-order valence-electron chi connectivity index (χ3n) is 3.71. The van der Waals surface area contributed by atoms with Gasteiger partial charge in [-0.25, -0.2) is 0 Å². The summed E-state index contributed by atoms with van der Waals surface area (Å²) in [6, 6.07) is 17.8. The monoisotopic (exact) mass is 751 g/mol. The van der Waals surface area contributed by atoms with Crippen LogP contribution in [0.1, 0.15) is 5.56 Å². The molecule has 0 saturated carbocycles. The van der Waals surface area contributed by atoms with Crippen molar-refractivity contribution in [1.29, 1.82) is 0 Å². The van der Waals surface area contributed by atoms with Crippen LogP contribution in [0, 0.1) is 0 Å². The van der Waals surface area contributed by atoms with Crippen molar-refractivity contribution in [2.24, 2.45) is 0 Å². The Morgan fingerprint density at radius 1 is 0.882 bits per heavy atom. The molecule has 3 heterocycles. The molecular formula is C23H25Br2Cl2N4RuS2. The maximum atomic E-state index is 5.80. The van der Waals surface area contributed by atoms with Gasteiger partial charge in [-0.3, -0.25) is 18.6 Å². The number of pyridine rings is 2. The Labute approximate surface area is 244 Å². The van der Waals surface area contributed by atoms with Crippen molar-refractivity contribution in [1.82, 2.24) is 18.6 Å². The summed E-state index contributed by atoms with van der Waals surface area (Å²) in [5.41, 5.74) is 1.23. The van der Waals surface area contributed by atoms with Crippen molar-refractivity contribution in [3.05, 3.63) is 106 Å². The van der Waals surface area contributed by atoms with Gasteiger partial charge in [-0.2, -0.15) is 0 Å². The molecule has 11 heteroatoms. The van der Waals surface area contributed by atoms with Crippen molar-refractivity contribution in [2.45, 2.75) is 6.17 Å². The standard InChI is InChI=1S/C7H6.C6H11ClN2S2.2C5H4BrN.ClH.Ru/c1-7-5-3-2-4-6-7;1-10-8-3-4-9(11-2)6(8)5-7;2*6-5-2-1-3-7-4-5;;/h1-6H;3-4,6H,5H2,1-2H3;2*1-4H;1H;/q;;;;;+1/p-1. The third kappa shape index (κ3) is 14.2. The Kier molecular flexibility index (Phi) is 19.3. The molecule has 1 aromatic carbocycles. The molecule has 0 fully saturated rings. The van der Waals surface area contributed by atoms with Gasteiger partial charge >= 0.3 is 65.9 Å². The summed E-state index contributed by atoms with van der Waals surface area (Å²) in [7, 11) is 5.57. The molecule has 0 aliphatic carbocycles. The Morgan fingerprint density at radius 2 is 1.38 bits per heavy atom. The zero-order valence-corrected chi connectivity index (χ0v) is 26.5. The van der Waals surface area contributed by atoms with Crippen LogP contribution in [0.2, 0.25) is 0 Å². The number of hydrogen-bond acceptors (Lipinski definition) is 6. The van der Waals surface area contributed by atoms with Crippen molar-refractivity contribution in [3.8, 4) is 0 Å². The predicted octanol–water partition coefficient (Wildman–Crippen LogP) is 7.96. The Bertz CT molecular complexity index is 894. The molecule has 0 unspecified atom stereocenters. The summed E-state index contributed by atoms with van der Waals surface area (Å²) in [6.07, 6.45) is 15.5. The number of aromatic nitrogens is 2. The minimum absolute atomic E-state index is 0.0765. The average molecular weight is 753 g/mol. The molecule has 2 aromatic heterocycles. The number of halogens is 4. The van der Waals surface area contributed by atoms with Crippen molar-refractivity contribution in [2.75, 3.05) is 18.4 Å². The van der Waals surface area contributed by atoms with Gasteiger partial charge in [0.15, 0.2) is 0 Å². The fraction of sp³-hybridized carbons (Fsp3) is 0.174. The van der Waals surface area contributed by atoms with Gasteiger partial charge in [-0.1, -0.05) is 23.9 Å². The molecule has 4 nitrogen and oxygen atoms in total. The predicted molar refractivity (Wildman–Crippen MR) is 156 cm³/mol. The summed E-state index contributed by atoms with van der Waals surface area (Å²) in [4.78, 5) is 7.67. The van der Waals surface area contributed by atoms with Crippen LogP contribution in [-0.4, -0.2) is 47.7 Å². The van der Waals surface area contributed by atoms with E-state index in [1.165, 1.54) is 5.56 Å². The van der Waals surface area contributed by atoms with Crippen LogP contribution in [0.25, 0.3) is 0 Å². The second-order valence-electron chi connectivity index (χ2n) is 5.95. The van der Waals surface area contributed by atoms with Crippen molar-refractivity contribution in [3.63, 3.8) is 0 Å². The van der Waals surface area contributed by atoms with Gasteiger partial charge in [0.25, 0.3) is 0 Å². The molecule has 0 amide bonds. The van der Waals surface area contributed by atoms with E-state index in [0.717, 1.165) is 8.95 Å². The molecule has 3 aromatic rings. The van der Waals surface area contributed by atoms with Crippen LogP contribution in [0.15, 0.2) is 101 Å². The SMILES string of the molecule is Brc1cccnc1.Brc1cccnc1.CSN1C=CN(SC)C1CCl.[Cl][Ru]=[CH]c1ccccc1. The molecule has 1 aliphatic heterocycles. The Morgan fingerprint density at radius 3 is 1.68 bits per heavy atom. The Balaban J connectivity index is 0.000000231. The van der Waals surface area contributed by atoms with Gasteiger partial charge in [-0.05, 0) is 56.1 Å². The van der Waals surface area contributed by atoms with E-state index >= 15 is 0 Å². The molecular weight excluding hydrogens is 728 g/mol. The summed E-state index contributed by atoms with van der Waals surface area (Å²) in [5.74, 6) is 0.634. The maximum absolute atomic E-state index is 5.80. The fourth-order valence-corrected chi connectivity index (χ4v) is 5.53. The molecule has 0 bridgehead atoms. The second-order valence-corrected chi connectivity index (χ2v) is 11.5. The van der Waals surface area contributed by atoms with Gasteiger partial charge in [0.2, 0.25) is 0 Å². The number of nitrogens with zero attached hydrogens (tertiary/aromatic N) is 4. The van der Waals surface area contributed by atoms with E-state index in [-0.39, 0.29) is 15.7 Å². The van der Waals surface area contributed by atoms with Crippen LogP contribution in [0.3, 0.4) is 0 Å². The molecule has 0 spiro atoms. The van der Waals surface area contributed by atoms with Crippen LogP contribution >= 0.6 is 77.0 Å². The van der Waals surface area contributed by atoms with E-state index in [2.05, 4.69) is 67.2 Å². The average Bonchev–Trinajstić information content (AvgIpc) is 3.29. The van der Waals surface area contributed by atoms with Gasteiger partial charge in [0.1, 0.15) is 6.17 Å². The molecule has 185 valence electrons. The quantitative estimate of drug-likeness (QED) is 0.153. The van der Waals surface area contributed by atoms with Gasteiger partial charge in [0, 0.05) is 58.6 Å². The van der Waals surface area contributed by atoms with E-state index in [1.807, 2.05) is 67.4 Å². The first-order valence-electron chi connectivity index (χ1n) is 9.66. The molecule has 34 heavy (non-hydrogen) atoms. The van der Waals surface area contributed by atoms with E-state index in [9.17, 15) is 0 Å². The first-order chi connectivity index (χ1) is 16.5. The van der Waals surface area contributed by atoms with E-state index in [0.29, 0.717) is 12.0 Å². The number of hydrogen-bond donors (Lipinski definition) is 0. The summed E-state index contributed by atoms with van der Waals surface area (Å²) >= 11 is 15.6. The van der Waals surface area contributed by atoms with E-state index in [4.69, 9.17) is 21.3 Å². The summed E-state index contributed by atoms with van der Waals surface area (Å²) in [6.45, 7) is 0. The van der Waals surface area contributed by atoms with Crippen LogP contribution < -0.4 is 0 Å². The molecule has 0 saturated heterocycles. The minimum atomic E-state index is -0.0765. The fourth-order valence-electron chi connectivity index (χ4n) is 2.19. The van der Waals surface area contributed by atoms with E-state index < -0.39 is 0 Å². The van der Waals surface area contributed by atoms with Crippen LogP contribution in [0.4, 0.5) is 0 Å². The zero-order valence-electron chi connectivity index (χ0n) is 18.5. The topological polar surface area (TPSA) is 32.3 Å². The number of benzene rings is 1. The molecule has 4 rings (SSSR count). The van der Waals surface area contributed by atoms with Crippen LogP contribution in [0.5, 0.6) is 0 Å². The van der Waals surface area contributed by atoms with Gasteiger partial charge in [0.05, 0.1) is 5.88 Å². The van der Waals surface area contributed by atoms with Crippen LogP contribution in [-0.2, 0) is 15.7 Å². The summed E-state index contributed by atoms with van der Waals surface area (Å²) < 4.78 is 8.39. The first kappa shape index (κ1) is 31.6. The summed E-state index contributed by atoms with van der Waals surface area (Å²) in [5, 5.41) is 0. The third-order valence-corrected chi connectivity index (χ3v) is 7.73. The second kappa shape index (κ2) is 20.8. The molecule has 0 N–H and O–H groups in total. The van der Waals surface area contributed by atoms with Crippen molar-refractivity contribution < 1.29 is 15.7 Å². The number of rotatable bonds is 4. The molecule has 0 radical (unpaired) electrons. The number of alkyl halides is 1. The Hall–Kier alpha value is -0.407. The molecule has 0 atom stereocenters. The van der Waals surface area contributed by atoms with E-state index in [1.54, 1.807) is 48.7 Å². The van der Waals surface area contributed by atoms with Crippen molar-refractivity contribution >= 4 is 81.7 Å². The first-order valence-corrected chi connectivity index (χ1v) is 17.4. The van der Waals surface area contributed by atoms with Gasteiger partial charge < -0.3 is 0 Å². The zero-order chi connectivity index (χ0) is 25.0.